The summed E-state index contributed by atoms with van der Waals surface area (Å²) in [7, 11) is 0. The summed E-state index contributed by atoms with van der Waals surface area (Å²) in [5, 5.41) is 0. The lowest BCUT2D eigenvalue weighted by Gasteiger charge is -2.24. The number of carbonyl (C=O) groups is 1. The van der Waals surface area contributed by atoms with Crippen molar-refractivity contribution in [1.82, 2.24) is 0 Å². The predicted molar refractivity (Wildman–Crippen MR) is 82.9 cm³/mol. The molecule has 2 N–H and O–H groups in total. The van der Waals surface area contributed by atoms with Crippen LogP contribution in [-0.4, -0.2) is 12.1 Å². The normalized spacial score (nSPS) is 16.7. The number of carbonyl (C=O) groups excluding carboxylic acids is 1. The summed E-state index contributed by atoms with van der Waals surface area (Å²) in [6, 6.07) is 5.31. The maximum Gasteiger partial charge on any atom is 0.373 e. The van der Waals surface area contributed by atoms with Gasteiger partial charge in [0.15, 0.2) is 0 Å². The fourth-order valence-electron chi connectivity index (χ4n) is 2.90. The minimum absolute atomic E-state index is 0.0295. The van der Waals surface area contributed by atoms with Gasteiger partial charge in [0.2, 0.25) is 0 Å². The highest BCUT2D eigenvalue weighted by molar-refractivity contribution is 5.93. The Kier molecular flexibility index (Phi) is 4.88. The van der Waals surface area contributed by atoms with E-state index in [1.54, 1.807) is 18.2 Å². The number of hydrogen-bond acceptors (Lipinski definition) is 4. The Bertz CT molecular complexity index is 499. The van der Waals surface area contributed by atoms with Crippen LogP contribution in [0.4, 0.5) is 5.69 Å². The fraction of sp³-hybridized carbons (Fsp3) is 0.588. The van der Waals surface area contributed by atoms with E-state index in [9.17, 15) is 4.79 Å². The highest BCUT2D eigenvalue weighted by Crippen LogP contribution is 2.31. The van der Waals surface area contributed by atoms with Crippen molar-refractivity contribution >= 4 is 11.7 Å². The number of benzene rings is 1. The number of nitrogens with two attached hydrogens (primary N) is 1. The molecule has 1 fully saturated rings. The summed E-state index contributed by atoms with van der Waals surface area (Å²) in [5.74, 6) is -0.460. The van der Waals surface area contributed by atoms with Crippen LogP contribution < -0.4 is 5.73 Å². The third-order valence-electron chi connectivity index (χ3n) is 3.88. The molecule has 1 aliphatic carbocycles. The average molecular weight is 291 g/mol. The minimum Gasteiger partial charge on any atom is -0.398 e. The van der Waals surface area contributed by atoms with E-state index in [-0.39, 0.29) is 11.5 Å². The fourth-order valence-corrected chi connectivity index (χ4v) is 2.90. The Morgan fingerprint density at radius 1 is 1.19 bits per heavy atom. The minimum atomic E-state index is -0.460. The summed E-state index contributed by atoms with van der Waals surface area (Å²) < 4.78 is 0. The van der Waals surface area contributed by atoms with E-state index in [4.69, 9.17) is 15.5 Å². The molecular formula is C17H25NO3. The van der Waals surface area contributed by atoms with Gasteiger partial charge >= 0.3 is 5.97 Å². The van der Waals surface area contributed by atoms with Crippen molar-refractivity contribution < 1.29 is 14.6 Å². The van der Waals surface area contributed by atoms with Gasteiger partial charge in [0.25, 0.3) is 0 Å². The first-order valence-electron chi connectivity index (χ1n) is 7.66. The Labute approximate surface area is 126 Å². The summed E-state index contributed by atoms with van der Waals surface area (Å²) in [4.78, 5) is 22.7. The van der Waals surface area contributed by atoms with Crippen LogP contribution in [0.2, 0.25) is 0 Å². The van der Waals surface area contributed by atoms with Crippen LogP contribution >= 0.6 is 0 Å². The van der Waals surface area contributed by atoms with Crippen LogP contribution in [0.25, 0.3) is 0 Å². The highest BCUT2D eigenvalue weighted by Gasteiger charge is 2.26. The van der Waals surface area contributed by atoms with Gasteiger partial charge in [-0.25, -0.2) is 4.79 Å². The van der Waals surface area contributed by atoms with Crippen molar-refractivity contribution in [3.8, 4) is 0 Å². The van der Waals surface area contributed by atoms with E-state index < -0.39 is 5.97 Å². The van der Waals surface area contributed by atoms with Gasteiger partial charge in [0.1, 0.15) is 6.10 Å². The van der Waals surface area contributed by atoms with Crippen molar-refractivity contribution in [2.45, 2.75) is 64.4 Å². The molecule has 4 heteroatoms. The highest BCUT2D eigenvalue weighted by atomic mass is 17.2. The third-order valence-corrected chi connectivity index (χ3v) is 3.88. The summed E-state index contributed by atoms with van der Waals surface area (Å²) >= 11 is 0. The maximum atomic E-state index is 12.3. The number of anilines is 1. The van der Waals surface area contributed by atoms with Gasteiger partial charge < -0.3 is 5.73 Å². The van der Waals surface area contributed by atoms with Crippen LogP contribution in [0.1, 0.15) is 68.8 Å². The van der Waals surface area contributed by atoms with Gasteiger partial charge in [0, 0.05) is 5.69 Å². The molecule has 1 saturated carbocycles. The average Bonchev–Trinajstić information content (AvgIpc) is 2.44. The largest absolute Gasteiger partial charge is 0.398 e. The molecule has 0 unspecified atom stereocenters. The van der Waals surface area contributed by atoms with Crippen molar-refractivity contribution in [2.24, 2.45) is 0 Å². The Morgan fingerprint density at radius 2 is 1.86 bits per heavy atom. The van der Waals surface area contributed by atoms with Crippen LogP contribution in [0.3, 0.4) is 0 Å². The quantitative estimate of drug-likeness (QED) is 0.519. The van der Waals surface area contributed by atoms with Gasteiger partial charge in [-0.2, -0.15) is 4.89 Å². The van der Waals surface area contributed by atoms with Crippen LogP contribution in [-0.2, 0) is 15.2 Å². The molecule has 0 spiro atoms. The first-order chi connectivity index (χ1) is 9.89. The number of nitrogen functional groups attached to an aromatic ring is 1. The van der Waals surface area contributed by atoms with Crippen LogP contribution in [0.5, 0.6) is 0 Å². The molecule has 0 radical (unpaired) electrons. The van der Waals surface area contributed by atoms with Gasteiger partial charge in [-0.15, -0.1) is 0 Å². The molecule has 1 aliphatic rings. The molecule has 0 bridgehead atoms. The van der Waals surface area contributed by atoms with E-state index in [2.05, 4.69) is 0 Å². The van der Waals surface area contributed by atoms with E-state index >= 15 is 0 Å². The SMILES string of the molecule is CC(C)(C)c1c(N)cccc1C(=O)OOC1CCCCC1. The molecule has 2 rings (SSSR count). The predicted octanol–water partition coefficient (Wildman–Crippen LogP) is 3.99. The topological polar surface area (TPSA) is 61.6 Å². The summed E-state index contributed by atoms with van der Waals surface area (Å²) in [6.07, 6.45) is 5.44. The van der Waals surface area contributed by atoms with Crippen LogP contribution in [0, 0.1) is 0 Å². The zero-order chi connectivity index (χ0) is 15.5. The molecule has 0 atom stereocenters. The molecule has 1 aromatic rings. The lowest BCUT2D eigenvalue weighted by Crippen LogP contribution is -2.23. The molecule has 0 aromatic heterocycles. The second kappa shape index (κ2) is 6.48. The number of rotatable bonds is 3. The van der Waals surface area contributed by atoms with Crippen molar-refractivity contribution in [3.63, 3.8) is 0 Å². The molecule has 1 aromatic carbocycles. The van der Waals surface area contributed by atoms with Crippen LogP contribution in [0.15, 0.2) is 18.2 Å². The lowest BCUT2D eigenvalue weighted by atomic mass is 9.82. The van der Waals surface area contributed by atoms with Crippen molar-refractivity contribution in [3.05, 3.63) is 29.3 Å². The first-order valence-corrected chi connectivity index (χ1v) is 7.66. The zero-order valence-corrected chi connectivity index (χ0v) is 13.1. The van der Waals surface area contributed by atoms with Gasteiger partial charge in [-0.05, 0) is 36.0 Å². The van der Waals surface area contributed by atoms with E-state index in [0.717, 1.165) is 31.2 Å². The number of hydrogen-bond donors (Lipinski definition) is 1. The Hall–Kier alpha value is -1.55. The van der Waals surface area contributed by atoms with Gasteiger partial charge in [0.05, 0.1) is 5.56 Å². The molecule has 21 heavy (non-hydrogen) atoms. The van der Waals surface area contributed by atoms with Crippen molar-refractivity contribution in [1.29, 1.82) is 0 Å². The summed E-state index contributed by atoms with van der Waals surface area (Å²) in [5.41, 5.74) is 7.70. The van der Waals surface area contributed by atoms with E-state index in [1.807, 2.05) is 20.8 Å². The maximum absolute atomic E-state index is 12.3. The Balaban J connectivity index is 2.10. The molecule has 0 saturated heterocycles. The summed E-state index contributed by atoms with van der Waals surface area (Å²) in [6.45, 7) is 6.08. The van der Waals surface area contributed by atoms with Gasteiger partial charge in [-0.1, -0.05) is 46.1 Å². The first kappa shape index (κ1) is 15.8. The third kappa shape index (κ3) is 3.97. The molecule has 0 amide bonds. The van der Waals surface area contributed by atoms with E-state index in [0.29, 0.717) is 11.3 Å². The van der Waals surface area contributed by atoms with Gasteiger partial charge in [-0.3, -0.25) is 4.89 Å². The second-order valence-electron chi connectivity index (χ2n) is 6.75. The second-order valence-corrected chi connectivity index (χ2v) is 6.75. The Morgan fingerprint density at radius 3 is 2.48 bits per heavy atom. The monoisotopic (exact) mass is 291 g/mol. The molecule has 0 aliphatic heterocycles. The molecule has 0 heterocycles. The molecule has 116 valence electrons. The lowest BCUT2D eigenvalue weighted by molar-refractivity contribution is -0.279. The zero-order valence-electron chi connectivity index (χ0n) is 13.1. The smallest absolute Gasteiger partial charge is 0.373 e. The van der Waals surface area contributed by atoms with E-state index in [1.165, 1.54) is 6.42 Å². The molecule has 4 nitrogen and oxygen atoms in total. The standard InChI is InChI=1S/C17H25NO3/c1-17(2,3)15-13(10-7-11-14(15)18)16(19)21-20-12-8-5-4-6-9-12/h7,10-12H,4-6,8-9,18H2,1-3H3. The molecular weight excluding hydrogens is 266 g/mol. The van der Waals surface area contributed by atoms with Crippen molar-refractivity contribution in [2.75, 3.05) is 5.73 Å².